The number of hydrogen-bond donors (Lipinski definition) is 4. The maximum Gasteiger partial charge on any atom is 0.242 e. The highest BCUT2D eigenvalue weighted by Crippen LogP contribution is 2.41. The van der Waals surface area contributed by atoms with Crippen molar-refractivity contribution in [3.05, 3.63) is 40.8 Å². The number of nitrogens with one attached hydrogen (secondary N) is 3. The molecule has 0 aliphatic carbocycles. The molecule has 2 unspecified atom stereocenters. The molecule has 1 aliphatic heterocycles. The van der Waals surface area contributed by atoms with E-state index in [9.17, 15) is 9.59 Å². The fourth-order valence-electron chi connectivity index (χ4n) is 4.02. The fourth-order valence-corrected chi connectivity index (χ4v) is 4.02. The third-order valence-corrected chi connectivity index (χ3v) is 6.58. The second-order valence-corrected chi connectivity index (χ2v) is 9.20. The number of hydrogen-bond acceptors (Lipinski definition) is 8. The molecule has 2 atom stereocenters. The van der Waals surface area contributed by atoms with Crippen LogP contribution in [0.1, 0.15) is 79.1 Å². The zero-order valence-corrected chi connectivity index (χ0v) is 22.5. The van der Waals surface area contributed by atoms with Crippen molar-refractivity contribution in [2.75, 3.05) is 17.6 Å². The zero-order valence-electron chi connectivity index (χ0n) is 22.5. The average molecular weight is 494 g/mol. The molecular formula is C27H39N7O2. The summed E-state index contributed by atoms with van der Waals surface area (Å²) in [5, 5.41) is 15.3. The van der Waals surface area contributed by atoms with Crippen LogP contribution in [0.4, 0.5) is 11.6 Å². The van der Waals surface area contributed by atoms with Gasteiger partial charge in [-0.15, -0.1) is 0 Å². The average Bonchev–Trinajstić information content (AvgIpc) is 3.10. The van der Waals surface area contributed by atoms with Crippen LogP contribution in [0.25, 0.3) is 5.57 Å². The first-order valence-electron chi connectivity index (χ1n) is 12.4. The molecule has 5 N–H and O–H groups in total. The van der Waals surface area contributed by atoms with E-state index in [4.69, 9.17) is 16.1 Å². The Morgan fingerprint density at radius 2 is 2.00 bits per heavy atom. The van der Waals surface area contributed by atoms with Gasteiger partial charge in [0.15, 0.2) is 5.82 Å². The van der Waals surface area contributed by atoms with Crippen molar-refractivity contribution in [1.82, 2.24) is 15.4 Å². The van der Waals surface area contributed by atoms with E-state index in [0.29, 0.717) is 36.1 Å². The van der Waals surface area contributed by atoms with Gasteiger partial charge < -0.3 is 21.9 Å². The number of allylic oxidation sites excluding steroid dienone is 6. The van der Waals surface area contributed by atoms with Gasteiger partial charge in [0.25, 0.3) is 0 Å². The second kappa shape index (κ2) is 12.4. The molecule has 1 aliphatic rings. The van der Waals surface area contributed by atoms with Crippen molar-refractivity contribution in [3.63, 3.8) is 0 Å². The topological polar surface area (TPSA) is 146 Å². The Morgan fingerprint density at radius 1 is 1.31 bits per heavy atom. The second-order valence-electron chi connectivity index (χ2n) is 9.20. The lowest BCUT2D eigenvalue weighted by atomic mass is 9.80. The van der Waals surface area contributed by atoms with E-state index in [1.165, 1.54) is 18.7 Å². The standard InChI is InChI=1S/C27H39N7O2/c1-8-11-19(18(6)16(4)10-3)20(12-9-2)24-32-23(29)22-25(33-24)34-26(36)27(22,7)21(28)15-31-30-14-13-17(5)35/h8,11-12,15-16,28,30H,9-10,13-14H2,1-7H3,(H3,29,32,33,34,36)/b11-8-,19-18-,20-12-,28-21?,31-15-. The number of carbonyl (C=O) groups excluding carboxylic acids is 2. The number of carbonyl (C=O) groups is 2. The van der Waals surface area contributed by atoms with E-state index >= 15 is 0 Å². The number of nitrogen functional groups attached to an aromatic ring is 1. The highest BCUT2D eigenvalue weighted by molar-refractivity contribution is 6.41. The number of ketones is 1. The van der Waals surface area contributed by atoms with Crippen LogP contribution in [0.15, 0.2) is 34.5 Å². The highest BCUT2D eigenvalue weighted by atomic mass is 16.2. The molecule has 0 bridgehead atoms. The molecule has 2 heterocycles. The van der Waals surface area contributed by atoms with Gasteiger partial charge in [-0.25, -0.2) is 9.97 Å². The van der Waals surface area contributed by atoms with Crippen LogP contribution < -0.4 is 16.5 Å². The summed E-state index contributed by atoms with van der Waals surface area (Å²) in [5.41, 5.74) is 11.2. The zero-order chi connectivity index (χ0) is 27.0. The van der Waals surface area contributed by atoms with E-state index in [2.05, 4.69) is 53.8 Å². The van der Waals surface area contributed by atoms with E-state index in [-0.39, 0.29) is 17.3 Å². The summed E-state index contributed by atoms with van der Waals surface area (Å²) >= 11 is 0. The Balaban J connectivity index is 2.54. The van der Waals surface area contributed by atoms with Gasteiger partial charge in [-0.2, -0.15) is 5.10 Å². The molecule has 1 aromatic heterocycles. The normalized spacial score (nSPS) is 19.3. The van der Waals surface area contributed by atoms with E-state index < -0.39 is 11.3 Å². The van der Waals surface area contributed by atoms with Crippen LogP contribution in [0, 0.1) is 11.3 Å². The van der Waals surface area contributed by atoms with Crippen molar-refractivity contribution in [2.24, 2.45) is 11.0 Å². The minimum Gasteiger partial charge on any atom is -0.383 e. The van der Waals surface area contributed by atoms with Gasteiger partial charge >= 0.3 is 0 Å². The number of aromatic nitrogens is 2. The summed E-state index contributed by atoms with van der Waals surface area (Å²) in [7, 11) is 0. The maximum absolute atomic E-state index is 13.1. The number of rotatable bonds is 12. The van der Waals surface area contributed by atoms with Crippen LogP contribution in [-0.4, -0.2) is 40.1 Å². The molecule has 0 radical (unpaired) electrons. The SMILES string of the molecule is C\C=C/C(C(=C/CC)/c1nc(N)c2c(n1)NC(=O)C2(C)C(=N)/C=N\NCCC(C)=O)=C(\C)C(C)CC. The largest absolute Gasteiger partial charge is 0.383 e. The first-order valence-corrected chi connectivity index (χ1v) is 12.4. The quantitative estimate of drug-likeness (QED) is 0.145. The number of nitrogens with two attached hydrogens (primary N) is 1. The van der Waals surface area contributed by atoms with Gasteiger partial charge in [-0.1, -0.05) is 44.6 Å². The Labute approximate surface area is 214 Å². The number of nitrogens with zero attached hydrogens (tertiary/aromatic N) is 3. The van der Waals surface area contributed by atoms with E-state index in [1.807, 2.05) is 19.9 Å². The molecule has 0 fully saturated rings. The first kappa shape index (κ1) is 28.6. The van der Waals surface area contributed by atoms with Crippen molar-refractivity contribution in [1.29, 1.82) is 5.41 Å². The van der Waals surface area contributed by atoms with Crippen molar-refractivity contribution < 1.29 is 9.59 Å². The van der Waals surface area contributed by atoms with Gasteiger partial charge in [0.05, 0.1) is 17.5 Å². The smallest absolute Gasteiger partial charge is 0.242 e. The van der Waals surface area contributed by atoms with Crippen LogP contribution >= 0.6 is 0 Å². The minimum absolute atomic E-state index is 0.0350. The summed E-state index contributed by atoms with van der Waals surface area (Å²) in [6.45, 7) is 13.9. The molecule has 1 amide bonds. The number of anilines is 2. The summed E-state index contributed by atoms with van der Waals surface area (Å²) in [4.78, 5) is 33.5. The summed E-state index contributed by atoms with van der Waals surface area (Å²) in [6, 6.07) is 0. The van der Waals surface area contributed by atoms with E-state index in [1.54, 1.807) is 6.92 Å². The maximum atomic E-state index is 13.1. The molecule has 0 saturated heterocycles. The Kier molecular flexibility index (Phi) is 9.84. The molecule has 1 aromatic rings. The monoisotopic (exact) mass is 493 g/mol. The van der Waals surface area contributed by atoms with Crippen LogP contribution in [-0.2, 0) is 15.0 Å². The number of hydrazone groups is 1. The fraction of sp³-hybridized carbons (Fsp3) is 0.481. The first-order chi connectivity index (χ1) is 17.0. The lowest BCUT2D eigenvalue weighted by Crippen LogP contribution is -2.40. The van der Waals surface area contributed by atoms with E-state index in [0.717, 1.165) is 24.0 Å². The highest BCUT2D eigenvalue weighted by Gasteiger charge is 2.49. The third-order valence-electron chi connectivity index (χ3n) is 6.58. The lowest BCUT2D eigenvalue weighted by Gasteiger charge is -2.22. The van der Waals surface area contributed by atoms with Gasteiger partial charge in [0.1, 0.15) is 22.8 Å². The molecular weight excluding hydrogens is 454 g/mol. The van der Waals surface area contributed by atoms with Crippen LogP contribution in [0.2, 0.25) is 0 Å². The number of amides is 1. The van der Waals surface area contributed by atoms with Gasteiger partial charge in [-0.3, -0.25) is 9.59 Å². The van der Waals surface area contributed by atoms with Gasteiger partial charge in [0, 0.05) is 18.5 Å². The molecule has 0 spiro atoms. The Morgan fingerprint density at radius 3 is 2.58 bits per heavy atom. The van der Waals surface area contributed by atoms with Crippen molar-refractivity contribution in [3.8, 4) is 0 Å². The molecule has 0 saturated carbocycles. The molecule has 194 valence electrons. The third kappa shape index (κ3) is 5.95. The molecule has 36 heavy (non-hydrogen) atoms. The van der Waals surface area contributed by atoms with Crippen LogP contribution in [0.3, 0.4) is 0 Å². The number of fused-ring (bicyclic) bond motifs is 1. The lowest BCUT2D eigenvalue weighted by molar-refractivity contribution is -0.118. The van der Waals surface area contributed by atoms with Gasteiger partial charge in [0.2, 0.25) is 5.91 Å². The minimum atomic E-state index is -1.40. The van der Waals surface area contributed by atoms with Crippen molar-refractivity contribution in [2.45, 2.75) is 73.1 Å². The Hall–Kier alpha value is -3.62. The van der Waals surface area contributed by atoms with Crippen molar-refractivity contribution >= 4 is 40.8 Å². The van der Waals surface area contributed by atoms with Gasteiger partial charge in [-0.05, 0) is 52.0 Å². The predicted octanol–water partition coefficient (Wildman–Crippen LogP) is 4.57. The number of Topliss-reactive ketones (excluding diaryl/α,β-unsaturated/α-hetero) is 1. The molecule has 2 rings (SSSR count). The summed E-state index contributed by atoms with van der Waals surface area (Å²) in [6.07, 6.45) is 9.47. The summed E-state index contributed by atoms with van der Waals surface area (Å²) in [5.74, 6) is 0.858. The summed E-state index contributed by atoms with van der Waals surface area (Å²) < 4.78 is 0. The predicted molar refractivity (Wildman–Crippen MR) is 147 cm³/mol. The molecule has 9 nitrogen and oxygen atoms in total. The van der Waals surface area contributed by atoms with Crippen LogP contribution in [0.5, 0.6) is 0 Å². The molecule has 0 aromatic carbocycles. The Bertz CT molecular complexity index is 1150. The molecule has 9 heteroatoms.